The number of fused-ring (bicyclic) bond motifs is 3. The summed E-state index contributed by atoms with van der Waals surface area (Å²) in [5.74, 6) is -0.616. The largest absolute Gasteiger partial charge is 0.453 e. The molecule has 0 aromatic heterocycles. The maximum Gasteiger partial charge on any atom is 0.348 e. The predicted molar refractivity (Wildman–Crippen MR) is 99.3 cm³/mol. The first kappa shape index (κ1) is 14.0. The fraction of sp³-hybridized carbons (Fsp3) is 0.409. The molecule has 3 fully saturated rings. The lowest BCUT2D eigenvalue weighted by molar-refractivity contribution is -0.928. The molecule has 0 radical (unpaired) electrons. The molecule has 3 aliphatic rings. The molecule has 4 heteroatoms. The van der Waals surface area contributed by atoms with Crippen LogP contribution in [-0.4, -0.2) is 48.3 Å². The Bertz CT molecular complexity index is 822. The lowest BCUT2D eigenvalue weighted by atomic mass is 9.83. The van der Waals surface area contributed by atoms with E-state index in [9.17, 15) is 9.90 Å². The van der Waals surface area contributed by atoms with Crippen LogP contribution in [0.15, 0.2) is 60.7 Å². The first-order chi connectivity index (χ1) is 13.8. The third-order valence-electron chi connectivity index (χ3n) is 5.85. The number of quaternary nitrogens is 1. The van der Waals surface area contributed by atoms with Crippen molar-refractivity contribution in [3.8, 4) is 0 Å². The molecule has 2 aromatic carbocycles. The van der Waals surface area contributed by atoms with Gasteiger partial charge >= 0.3 is 5.97 Å². The molecule has 3 saturated heterocycles. The summed E-state index contributed by atoms with van der Waals surface area (Å²) >= 11 is 0. The summed E-state index contributed by atoms with van der Waals surface area (Å²) in [5.41, 5.74) is -1.09. The van der Waals surface area contributed by atoms with Crippen LogP contribution in [0.3, 0.4) is 0 Å². The second kappa shape index (κ2) is 6.53. The van der Waals surface area contributed by atoms with Crippen molar-refractivity contribution in [3.63, 3.8) is 0 Å². The highest BCUT2D eigenvalue weighted by atomic mass is 16.6. The molecule has 0 saturated carbocycles. The number of rotatable bonds is 4. The predicted octanol–water partition coefficient (Wildman–Crippen LogP) is 2.70. The number of likely N-dealkylation sites (N-methyl/N-ethyl adjacent to an activating group) is 1. The Kier molecular flexibility index (Phi) is 3.50. The van der Waals surface area contributed by atoms with Crippen LogP contribution in [0.4, 0.5) is 0 Å². The maximum atomic E-state index is 13.3. The van der Waals surface area contributed by atoms with Gasteiger partial charge in [0.1, 0.15) is 6.54 Å². The molecule has 4 nitrogen and oxygen atoms in total. The fourth-order valence-electron chi connectivity index (χ4n) is 4.25. The lowest BCUT2D eigenvalue weighted by Gasteiger charge is -2.50. The fourth-order valence-corrected chi connectivity index (χ4v) is 4.25. The Morgan fingerprint density at radius 3 is 2.12 bits per heavy atom. The molecule has 1 atom stereocenters. The van der Waals surface area contributed by atoms with Gasteiger partial charge in [0.2, 0.25) is 5.60 Å². The molecule has 26 heavy (non-hydrogen) atoms. The van der Waals surface area contributed by atoms with Gasteiger partial charge in [-0.1, -0.05) is 60.7 Å². The maximum absolute atomic E-state index is 13.3. The van der Waals surface area contributed by atoms with E-state index in [0.717, 1.165) is 0 Å². The van der Waals surface area contributed by atoms with Crippen molar-refractivity contribution in [2.24, 2.45) is 5.92 Å². The van der Waals surface area contributed by atoms with Gasteiger partial charge in [0.25, 0.3) is 0 Å². The number of piperidine rings is 3. The molecule has 1 N–H and O–H groups in total. The zero-order valence-electron chi connectivity index (χ0n) is 17.7. The third kappa shape index (κ3) is 2.93. The minimum atomic E-state index is -2.13. The van der Waals surface area contributed by atoms with E-state index in [1.807, 2.05) is 12.1 Å². The van der Waals surface area contributed by atoms with Crippen molar-refractivity contribution in [3.05, 3.63) is 71.8 Å². The van der Waals surface area contributed by atoms with E-state index in [0.29, 0.717) is 37.1 Å². The second-order valence-electron chi connectivity index (χ2n) is 7.50. The highest BCUT2D eigenvalue weighted by Gasteiger charge is 2.49. The zero-order chi connectivity index (χ0) is 20.7. The molecule has 5 rings (SSSR count). The quantitative estimate of drug-likeness (QED) is 0.675. The first-order valence-electron chi connectivity index (χ1n) is 10.7. The van der Waals surface area contributed by atoms with Gasteiger partial charge in [-0.3, -0.25) is 0 Å². The minimum Gasteiger partial charge on any atom is -0.453 e. The summed E-state index contributed by atoms with van der Waals surface area (Å²) in [6.07, 6.45) is 0.918. The van der Waals surface area contributed by atoms with Crippen LogP contribution in [0.25, 0.3) is 0 Å². The van der Waals surface area contributed by atoms with Crippen LogP contribution in [0.5, 0.6) is 0 Å². The van der Waals surface area contributed by atoms with Crippen LogP contribution < -0.4 is 0 Å². The number of ether oxygens (including phenoxy) is 1. The Balaban J connectivity index is 1.65. The van der Waals surface area contributed by atoms with Gasteiger partial charge in [-0.25, -0.2) is 4.79 Å². The highest BCUT2D eigenvalue weighted by Crippen LogP contribution is 2.37. The molecule has 136 valence electrons. The molecule has 2 bridgehead atoms. The molecule has 0 aliphatic carbocycles. The van der Waals surface area contributed by atoms with Gasteiger partial charge in [0.15, 0.2) is 6.10 Å². The summed E-state index contributed by atoms with van der Waals surface area (Å²) in [7, 11) is 0. The van der Waals surface area contributed by atoms with Crippen LogP contribution in [0.1, 0.15) is 28.1 Å². The van der Waals surface area contributed by atoms with Crippen molar-refractivity contribution >= 4 is 5.97 Å². The number of aliphatic hydroxyl groups is 1. The van der Waals surface area contributed by atoms with Gasteiger partial charge in [0.05, 0.1) is 24.2 Å². The van der Waals surface area contributed by atoms with E-state index >= 15 is 0 Å². The summed E-state index contributed by atoms with van der Waals surface area (Å²) < 4.78 is 29.8. The molecule has 2 aromatic rings. The van der Waals surface area contributed by atoms with E-state index in [-0.39, 0.29) is 16.9 Å². The van der Waals surface area contributed by atoms with E-state index in [2.05, 4.69) is 0 Å². The smallest absolute Gasteiger partial charge is 0.348 e. The Morgan fingerprint density at radius 1 is 1.08 bits per heavy atom. The Morgan fingerprint density at radius 2 is 1.62 bits per heavy atom. The molecular weight excluding hydrogens is 326 g/mol. The summed E-state index contributed by atoms with van der Waals surface area (Å²) in [6.45, 7) is -0.703. The zero-order valence-corrected chi connectivity index (χ0v) is 14.7. The number of carbonyl (C=O) groups is 1. The molecule has 3 aliphatic heterocycles. The number of hydrogen-bond donors (Lipinski definition) is 1. The number of benzene rings is 2. The minimum absolute atomic E-state index is 0.0173. The monoisotopic (exact) mass is 358 g/mol. The van der Waals surface area contributed by atoms with Gasteiger partial charge in [0, 0.05) is 18.8 Å². The first-order valence-corrected chi connectivity index (χ1v) is 9.17. The van der Waals surface area contributed by atoms with E-state index in [4.69, 9.17) is 8.85 Å². The number of esters is 1. The summed E-state index contributed by atoms with van der Waals surface area (Å²) in [6, 6.07) is 17.5. The normalized spacial score (nSPS) is 30.1. The van der Waals surface area contributed by atoms with Crippen LogP contribution in [0, 0.1) is 5.92 Å². The average Bonchev–Trinajstić information content (AvgIpc) is 2.74. The lowest BCUT2D eigenvalue weighted by Crippen LogP contribution is -2.62. The molecule has 1 unspecified atom stereocenters. The third-order valence-corrected chi connectivity index (χ3v) is 5.85. The molecule has 0 amide bonds. The van der Waals surface area contributed by atoms with E-state index in [1.54, 1.807) is 48.5 Å². The van der Waals surface area contributed by atoms with Crippen molar-refractivity contribution in [2.45, 2.75) is 24.5 Å². The van der Waals surface area contributed by atoms with Gasteiger partial charge in [-0.15, -0.1) is 0 Å². The van der Waals surface area contributed by atoms with Crippen molar-refractivity contribution in [1.82, 2.24) is 0 Å². The molecule has 3 heterocycles. The van der Waals surface area contributed by atoms with Crippen molar-refractivity contribution in [1.29, 1.82) is 0 Å². The molecular formula is C22H26NO3+. The average molecular weight is 358 g/mol. The van der Waals surface area contributed by atoms with Gasteiger partial charge in [-0.05, 0) is 11.1 Å². The Labute approximate surface area is 158 Å². The second-order valence-corrected chi connectivity index (χ2v) is 7.50. The van der Waals surface area contributed by atoms with Crippen molar-refractivity contribution < 1.29 is 23.2 Å². The number of carbonyl (C=O) groups excluding carboxylic acids is 1. The van der Waals surface area contributed by atoms with Crippen molar-refractivity contribution in [2.75, 3.05) is 26.6 Å². The number of nitrogens with zero attached hydrogens (tertiary/aromatic N) is 1. The standard InChI is InChI=1S/C22H26NO3/c1-23-14-12-17(13-15-23)20(16-23)26-21(24)22(25,18-8-4-2-5-9-18)19-10-6-3-7-11-19/h2-11,17,20,25H,12-16H2,1H3/q+1/i1T3. The topological polar surface area (TPSA) is 46.5 Å². The van der Waals surface area contributed by atoms with E-state index in [1.165, 1.54) is 0 Å². The van der Waals surface area contributed by atoms with Gasteiger partial charge in [-0.2, -0.15) is 0 Å². The molecule has 0 spiro atoms. The Hall–Kier alpha value is -2.17. The summed E-state index contributed by atoms with van der Waals surface area (Å²) in [5, 5.41) is 11.6. The van der Waals surface area contributed by atoms with Crippen LogP contribution in [0.2, 0.25) is 0 Å². The SMILES string of the molecule is [3H]C([3H])([3H])[N+]12CCC(CC1)C(OC(=O)C(O)(c1ccccc1)c1ccccc1)C2. The number of hydrogen-bond acceptors (Lipinski definition) is 3. The van der Waals surface area contributed by atoms with Gasteiger partial charge < -0.3 is 14.3 Å². The van der Waals surface area contributed by atoms with Crippen LogP contribution in [-0.2, 0) is 15.1 Å². The van der Waals surface area contributed by atoms with E-state index < -0.39 is 24.7 Å². The highest BCUT2D eigenvalue weighted by molar-refractivity contribution is 5.85. The summed E-state index contributed by atoms with van der Waals surface area (Å²) in [4.78, 5) is 13.3. The van der Waals surface area contributed by atoms with Crippen LogP contribution >= 0.6 is 0 Å².